The third-order valence-electron chi connectivity index (χ3n) is 7.57. The van der Waals surface area contributed by atoms with Gasteiger partial charge < -0.3 is 69.6 Å². The van der Waals surface area contributed by atoms with Crippen LogP contribution in [-0.2, 0) is 88.1 Å². The molecule has 0 fully saturated rings. The van der Waals surface area contributed by atoms with Crippen molar-refractivity contribution >= 4 is 144 Å². The van der Waals surface area contributed by atoms with Gasteiger partial charge in [0.25, 0.3) is 0 Å². The zero-order valence-electron chi connectivity index (χ0n) is 52.1. The minimum absolute atomic E-state index is 0.225. The van der Waals surface area contributed by atoms with Crippen molar-refractivity contribution in [2.24, 2.45) is 11.8 Å². The van der Waals surface area contributed by atoms with Crippen molar-refractivity contribution < 1.29 is 129 Å². The number of rotatable bonds is 33. The van der Waals surface area contributed by atoms with Crippen LogP contribution in [0, 0.1) is 11.8 Å². The van der Waals surface area contributed by atoms with Crippen molar-refractivity contribution in [3.8, 4) is 0 Å². The van der Waals surface area contributed by atoms with Crippen molar-refractivity contribution in [2.75, 3.05) is 13.2 Å². The van der Waals surface area contributed by atoms with Crippen LogP contribution < -0.4 is 30.6 Å². The monoisotopic (exact) mass is 1260 g/mol. The third kappa shape index (κ3) is 155. The Bertz CT molecular complexity index is 1610. The molecule has 0 aromatic rings. The molecule has 0 aromatic carbocycles. The molecule has 0 rings (SSSR count). The summed E-state index contributed by atoms with van der Waals surface area (Å²) in [7, 11) is 0. The minimum Gasteiger partial charge on any atom is -0.550 e. The Labute approximate surface area is 526 Å². The maximum atomic E-state index is 10.4. The van der Waals surface area contributed by atoms with Gasteiger partial charge >= 0.3 is 146 Å². The van der Waals surface area contributed by atoms with E-state index in [-0.39, 0.29) is 71.9 Å². The number of carboxylic acids is 8. The first-order valence-electron chi connectivity index (χ1n) is 26.9. The molecule has 0 unspecified atom stereocenters. The fraction of sp³-hybridized carbons (Fsp3) is 0.709. The molecule has 0 spiro atoms. The van der Waals surface area contributed by atoms with E-state index < -0.39 is 86.3 Å². The van der Waals surface area contributed by atoms with Gasteiger partial charge in [0, 0.05) is 126 Å². The third-order valence-corrected chi connectivity index (χ3v) is 8.50. The van der Waals surface area contributed by atoms with E-state index in [1.165, 1.54) is 0 Å². The standard InChI is InChI=1S/4C6H10O3.4C5H8O3.2C4H9O.C3H7O.3Al/c4*1-2-3-5(7)4-6(8)9;4*1-2-4(6)3-5(7)8;2*1-4(2)3-5;1-3(2)4;;;/h4*2-4H2,1H3,(H,8,9);4*2-3H2,1H3,(H,7,8);2*4H,3H2,1-2H3;3H,1-2H3;;;/q;;;;;;;;3*-1;3*+3/p-6. The largest absolute Gasteiger partial charge is 0.550 e. The van der Waals surface area contributed by atoms with E-state index in [1.54, 1.807) is 27.7 Å². The predicted octanol–water partition coefficient (Wildman–Crippen LogP) is -0.946. The number of Topliss-reactive ketones (excluding diaryl/α,β-unsaturated/α-hetero) is 8. The summed E-state index contributed by atoms with van der Waals surface area (Å²) in [5, 5.41) is 74.3. The molecular formula is C55H91Al3O27. The molecule has 0 aliphatic carbocycles. The molecule has 0 aliphatic heterocycles. The van der Waals surface area contributed by atoms with E-state index in [9.17, 15) is 107 Å². The average Bonchev–Trinajstić information content (AvgIpc) is 3.34. The molecule has 0 amide bonds. The second-order valence-corrected chi connectivity index (χ2v) is 18.7. The van der Waals surface area contributed by atoms with E-state index in [1.807, 2.05) is 41.5 Å². The summed E-state index contributed by atoms with van der Waals surface area (Å²) >= 11 is 6.64. The normalized spacial score (nSPS) is 9.07. The van der Waals surface area contributed by atoms with Crippen molar-refractivity contribution in [2.45, 2.75) is 231 Å². The molecule has 0 radical (unpaired) electrons. The molecule has 0 saturated carbocycles. The SMILES string of the molecule is CC(C)C[O][Al+2].CC(C)C[O][Al+2].CC(C)[O][Al+2].CCC(=O)CC(=O)O.CCC(=O)CC(=O)O.CCC(=O)CC(=O)[O-].CCC(=O)CC(=O)[O-].CCCC(=O)CC(=O)[O-].CCCC(=O)CC(=O)[O-].CCCC(=O)CC(=O)[O-].CCCC(=O)CC(=O)[O-]. The van der Waals surface area contributed by atoms with Crippen LogP contribution in [-0.4, -0.2) is 173 Å². The first kappa shape index (κ1) is 104. The molecule has 30 heteroatoms. The average molecular weight is 1270 g/mol. The van der Waals surface area contributed by atoms with Crippen LogP contribution in [0.25, 0.3) is 0 Å². The van der Waals surface area contributed by atoms with Crippen molar-refractivity contribution in [1.29, 1.82) is 0 Å². The molecule has 0 saturated heterocycles. The number of hydrogen-bond donors (Lipinski definition) is 2. The molecule has 0 heterocycles. The Morgan fingerprint density at radius 2 is 0.471 bits per heavy atom. The number of ketones is 8. The first-order valence-corrected chi connectivity index (χ1v) is 28.3. The molecule has 85 heavy (non-hydrogen) atoms. The van der Waals surface area contributed by atoms with Gasteiger partial charge in [0.2, 0.25) is 0 Å². The van der Waals surface area contributed by atoms with Crippen LogP contribution >= 0.6 is 0 Å². The van der Waals surface area contributed by atoms with Gasteiger partial charge in [-0.25, -0.2) is 0 Å². The maximum absolute atomic E-state index is 10.4. The molecule has 482 valence electrons. The Balaban J connectivity index is -0.0000000790. The summed E-state index contributed by atoms with van der Waals surface area (Å²) in [6, 6.07) is 0. The number of hydrogen-bond acceptors (Lipinski definition) is 25. The van der Waals surface area contributed by atoms with Gasteiger partial charge in [0.1, 0.15) is 59.1 Å². The van der Waals surface area contributed by atoms with Crippen molar-refractivity contribution in [3.63, 3.8) is 0 Å². The van der Waals surface area contributed by atoms with Gasteiger partial charge in [-0.15, -0.1) is 0 Å². The number of carboxylic acid groups (broad SMARTS) is 8. The summed E-state index contributed by atoms with van der Waals surface area (Å²) in [5.74, 6) is -10.5. The maximum Gasteiger partial charge on any atom is 0.310 e. The van der Waals surface area contributed by atoms with Gasteiger partial charge in [-0.1, -0.05) is 55.4 Å². The van der Waals surface area contributed by atoms with E-state index in [4.69, 9.17) is 17.8 Å². The van der Waals surface area contributed by atoms with Crippen LogP contribution in [0.5, 0.6) is 0 Å². The molecular weight excluding hydrogens is 1170 g/mol. The van der Waals surface area contributed by atoms with Crippen molar-refractivity contribution in [3.05, 3.63) is 0 Å². The predicted molar refractivity (Wildman–Crippen MR) is 298 cm³/mol. The molecule has 27 nitrogen and oxygen atoms in total. The van der Waals surface area contributed by atoms with E-state index in [0.717, 1.165) is 13.2 Å². The molecule has 0 aliphatic rings. The summed E-state index contributed by atoms with van der Waals surface area (Å²) in [4.78, 5) is 160. The summed E-state index contributed by atoms with van der Waals surface area (Å²) in [5.41, 5.74) is 0. The van der Waals surface area contributed by atoms with Gasteiger partial charge in [-0.2, -0.15) is 0 Å². The fourth-order valence-corrected chi connectivity index (χ4v) is 4.43. The van der Waals surface area contributed by atoms with Gasteiger partial charge in [0.15, 0.2) is 0 Å². The zero-order valence-corrected chi connectivity index (χ0v) is 55.6. The summed E-state index contributed by atoms with van der Waals surface area (Å²) in [6.07, 6.45) is 2.37. The Morgan fingerprint density at radius 3 is 0.529 bits per heavy atom. The zero-order chi connectivity index (χ0) is 69.6. The van der Waals surface area contributed by atoms with Crippen LogP contribution in [0.1, 0.15) is 225 Å². The van der Waals surface area contributed by atoms with Gasteiger partial charge in [0.05, 0.1) is 0 Å². The van der Waals surface area contributed by atoms with E-state index in [2.05, 4.69) is 81.4 Å². The van der Waals surface area contributed by atoms with Crippen molar-refractivity contribution in [1.82, 2.24) is 0 Å². The van der Waals surface area contributed by atoms with Crippen LogP contribution in [0.3, 0.4) is 0 Å². The van der Waals surface area contributed by atoms with Gasteiger partial charge in [-0.05, 0) is 25.7 Å². The van der Waals surface area contributed by atoms with Crippen LogP contribution in [0.15, 0.2) is 0 Å². The Kier molecular flexibility index (Phi) is 99.2. The quantitative estimate of drug-likeness (QED) is 0.0591. The summed E-state index contributed by atoms with van der Waals surface area (Å²) in [6.45, 7) is 27.9. The number of carbonyl (C=O) groups excluding carboxylic acids is 14. The topological polar surface area (TPSA) is 480 Å². The van der Waals surface area contributed by atoms with E-state index in [0.29, 0.717) is 82.1 Å². The molecule has 2 N–H and O–H groups in total. The molecule has 0 bridgehead atoms. The van der Waals surface area contributed by atoms with Gasteiger partial charge in [-0.3, -0.25) is 47.9 Å². The second-order valence-electron chi connectivity index (χ2n) is 17.8. The second kappa shape index (κ2) is 80.7. The number of carbonyl (C=O) groups is 16. The Morgan fingerprint density at radius 1 is 0.318 bits per heavy atom. The smallest absolute Gasteiger partial charge is 0.310 e. The first-order chi connectivity index (χ1) is 39.1. The fourth-order valence-electron chi connectivity index (χ4n) is 3.66. The molecule has 0 aromatic heterocycles. The van der Waals surface area contributed by atoms with Crippen LogP contribution in [0.2, 0.25) is 0 Å². The molecule has 0 atom stereocenters. The minimum atomic E-state index is -1.29. The Hall–Kier alpha value is -5.40. The van der Waals surface area contributed by atoms with E-state index >= 15 is 0 Å². The summed E-state index contributed by atoms with van der Waals surface area (Å²) < 4.78 is 14.1. The van der Waals surface area contributed by atoms with Crippen LogP contribution in [0.4, 0.5) is 0 Å². The number of aliphatic carboxylic acids is 8.